The Morgan fingerprint density at radius 1 is 0.895 bits per heavy atom. The van der Waals surface area contributed by atoms with Crippen molar-refractivity contribution in [3.63, 3.8) is 0 Å². The van der Waals surface area contributed by atoms with Crippen molar-refractivity contribution in [1.82, 2.24) is 0 Å². The van der Waals surface area contributed by atoms with E-state index in [4.69, 9.17) is 14.6 Å². The number of aliphatic hydroxyl groups is 1. The highest BCUT2D eigenvalue weighted by Gasteiger charge is 1.99. The molecule has 0 radical (unpaired) electrons. The van der Waals surface area contributed by atoms with Crippen molar-refractivity contribution < 1.29 is 14.6 Å². The minimum atomic E-state index is -0.464. The van der Waals surface area contributed by atoms with Crippen molar-refractivity contribution in [3.05, 3.63) is 60.2 Å². The summed E-state index contributed by atoms with van der Waals surface area (Å²) in [6.07, 6.45) is -0.464. The van der Waals surface area contributed by atoms with E-state index < -0.39 is 6.10 Å². The molecule has 0 aliphatic carbocycles. The topological polar surface area (TPSA) is 38.7 Å². The maximum atomic E-state index is 9.13. The molecule has 0 unspecified atom stereocenters. The van der Waals surface area contributed by atoms with Gasteiger partial charge < -0.3 is 14.6 Å². The zero-order valence-corrected chi connectivity index (χ0v) is 11.0. The molecule has 19 heavy (non-hydrogen) atoms. The highest BCUT2D eigenvalue weighted by Crippen LogP contribution is 2.18. The van der Waals surface area contributed by atoms with Crippen molar-refractivity contribution in [2.75, 3.05) is 6.61 Å². The standard InChI is InChI=1S/C16H18O3/c1-13(17)11-18-15-7-9-16(10-8-15)19-12-14-5-3-2-4-6-14/h2-10,13,17H,11-12H2,1H3/t13-/m1/s1. The molecule has 0 aromatic heterocycles. The third-order valence-electron chi connectivity index (χ3n) is 2.56. The van der Waals surface area contributed by atoms with E-state index in [9.17, 15) is 0 Å². The molecular weight excluding hydrogens is 240 g/mol. The Morgan fingerprint density at radius 3 is 2.05 bits per heavy atom. The maximum absolute atomic E-state index is 9.13. The Bertz CT molecular complexity index is 477. The molecule has 2 aromatic rings. The van der Waals surface area contributed by atoms with E-state index in [2.05, 4.69) is 0 Å². The fourth-order valence-electron chi connectivity index (χ4n) is 1.59. The van der Waals surface area contributed by atoms with E-state index in [1.807, 2.05) is 54.6 Å². The summed E-state index contributed by atoms with van der Waals surface area (Å²) < 4.78 is 11.0. The van der Waals surface area contributed by atoms with Gasteiger partial charge in [-0.25, -0.2) is 0 Å². The molecule has 3 nitrogen and oxygen atoms in total. The van der Waals surface area contributed by atoms with Gasteiger partial charge in [-0.1, -0.05) is 30.3 Å². The molecule has 2 rings (SSSR count). The number of aliphatic hydroxyl groups excluding tert-OH is 1. The van der Waals surface area contributed by atoms with Gasteiger partial charge >= 0.3 is 0 Å². The molecule has 0 saturated carbocycles. The zero-order chi connectivity index (χ0) is 13.5. The number of benzene rings is 2. The molecule has 0 saturated heterocycles. The average Bonchev–Trinajstić information content (AvgIpc) is 2.45. The monoisotopic (exact) mass is 258 g/mol. The van der Waals surface area contributed by atoms with E-state index in [0.717, 1.165) is 17.1 Å². The van der Waals surface area contributed by atoms with Crippen LogP contribution in [0.4, 0.5) is 0 Å². The first-order valence-electron chi connectivity index (χ1n) is 6.32. The molecule has 0 fully saturated rings. The number of ether oxygens (including phenoxy) is 2. The van der Waals surface area contributed by atoms with E-state index in [1.54, 1.807) is 6.92 Å². The summed E-state index contributed by atoms with van der Waals surface area (Å²) in [5.41, 5.74) is 1.14. The van der Waals surface area contributed by atoms with Gasteiger partial charge in [0.15, 0.2) is 0 Å². The summed E-state index contributed by atoms with van der Waals surface area (Å²) in [5.74, 6) is 1.53. The molecule has 0 spiro atoms. The fourth-order valence-corrected chi connectivity index (χ4v) is 1.59. The first kappa shape index (κ1) is 13.4. The van der Waals surface area contributed by atoms with Crippen molar-refractivity contribution in [2.24, 2.45) is 0 Å². The van der Waals surface area contributed by atoms with Gasteiger partial charge in [-0.05, 0) is 36.8 Å². The van der Waals surface area contributed by atoms with Gasteiger partial charge in [0.1, 0.15) is 24.7 Å². The van der Waals surface area contributed by atoms with Crippen LogP contribution in [-0.4, -0.2) is 17.8 Å². The molecule has 1 N–H and O–H groups in total. The van der Waals surface area contributed by atoms with Crippen LogP contribution in [0.3, 0.4) is 0 Å². The van der Waals surface area contributed by atoms with Crippen LogP contribution in [-0.2, 0) is 6.61 Å². The first-order valence-corrected chi connectivity index (χ1v) is 6.32. The van der Waals surface area contributed by atoms with Crippen molar-refractivity contribution in [1.29, 1.82) is 0 Å². The fraction of sp³-hybridized carbons (Fsp3) is 0.250. The maximum Gasteiger partial charge on any atom is 0.120 e. The highest BCUT2D eigenvalue weighted by atomic mass is 16.5. The van der Waals surface area contributed by atoms with Crippen LogP contribution in [0, 0.1) is 0 Å². The largest absolute Gasteiger partial charge is 0.491 e. The second-order valence-corrected chi connectivity index (χ2v) is 4.41. The smallest absolute Gasteiger partial charge is 0.120 e. The van der Waals surface area contributed by atoms with Crippen LogP contribution in [0.15, 0.2) is 54.6 Å². The van der Waals surface area contributed by atoms with Crippen LogP contribution >= 0.6 is 0 Å². The quantitative estimate of drug-likeness (QED) is 0.865. The lowest BCUT2D eigenvalue weighted by Gasteiger charge is -2.09. The number of rotatable bonds is 6. The van der Waals surface area contributed by atoms with Crippen LogP contribution in [0.5, 0.6) is 11.5 Å². The van der Waals surface area contributed by atoms with E-state index in [-0.39, 0.29) is 0 Å². The summed E-state index contributed by atoms with van der Waals surface area (Å²) in [6, 6.07) is 17.4. The van der Waals surface area contributed by atoms with E-state index in [1.165, 1.54) is 0 Å². The molecule has 0 amide bonds. The molecule has 0 bridgehead atoms. The van der Waals surface area contributed by atoms with Crippen LogP contribution in [0.1, 0.15) is 12.5 Å². The lowest BCUT2D eigenvalue weighted by Crippen LogP contribution is -2.12. The Kier molecular flexibility index (Phi) is 4.81. The Labute approximate surface area is 113 Å². The Morgan fingerprint density at radius 2 is 1.47 bits per heavy atom. The normalized spacial score (nSPS) is 11.9. The second-order valence-electron chi connectivity index (χ2n) is 4.41. The molecule has 0 aliphatic heterocycles. The van der Waals surface area contributed by atoms with Gasteiger partial charge in [0, 0.05) is 0 Å². The van der Waals surface area contributed by atoms with Crippen molar-refractivity contribution in [3.8, 4) is 11.5 Å². The molecule has 2 aromatic carbocycles. The van der Waals surface area contributed by atoms with E-state index in [0.29, 0.717) is 13.2 Å². The van der Waals surface area contributed by atoms with Gasteiger partial charge in [-0.15, -0.1) is 0 Å². The van der Waals surface area contributed by atoms with Gasteiger partial charge in [0.2, 0.25) is 0 Å². The molecule has 0 aliphatic rings. The van der Waals surface area contributed by atoms with Crippen molar-refractivity contribution >= 4 is 0 Å². The van der Waals surface area contributed by atoms with E-state index >= 15 is 0 Å². The minimum Gasteiger partial charge on any atom is -0.491 e. The number of hydrogen-bond donors (Lipinski definition) is 1. The lowest BCUT2D eigenvalue weighted by molar-refractivity contribution is 0.122. The van der Waals surface area contributed by atoms with Gasteiger partial charge in [0.05, 0.1) is 6.10 Å². The summed E-state index contributed by atoms with van der Waals surface area (Å²) in [4.78, 5) is 0. The SMILES string of the molecule is C[C@@H](O)COc1ccc(OCc2ccccc2)cc1. The first-order chi connectivity index (χ1) is 9.24. The molecule has 1 atom stereocenters. The Hall–Kier alpha value is -2.00. The molecule has 0 heterocycles. The molecular formula is C16H18O3. The average molecular weight is 258 g/mol. The van der Waals surface area contributed by atoms with Gasteiger partial charge in [-0.3, -0.25) is 0 Å². The molecule has 3 heteroatoms. The third-order valence-corrected chi connectivity index (χ3v) is 2.56. The Balaban J connectivity index is 1.85. The number of hydrogen-bond acceptors (Lipinski definition) is 3. The predicted molar refractivity (Wildman–Crippen MR) is 74.4 cm³/mol. The summed E-state index contributed by atoms with van der Waals surface area (Å²) in [5, 5.41) is 9.13. The predicted octanol–water partition coefficient (Wildman–Crippen LogP) is 3.03. The van der Waals surface area contributed by atoms with Crippen LogP contribution in [0.25, 0.3) is 0 Å². The summed E-state index contributed by atoms with van der Waals surface area (Å²) >= 11 is 0. The lowest BCUT2D eigenvalue weighted by atomic mass is 10.2. The summed E-state index contributed by atoms with van der Waals surface area (Å²) in [7, 11) is 0. The zero-order valence-electron chi connectivity index (χ0n) is 11.0. The highest BCUT2D eigenvalue weighted by molar-refractivity contribution is 5.31. The van der Waals surface area contributed by atoms with Gasteiger partial charge in [0.25, 0.3) is 0 Å². The van der Waals surface area contributed by atoms with Crippen LogP contribution in [0.2, 0.25) is 0 Å². The molecule has 100 valence electrons. The summed E-state index contributed by atoms with van der Waals surface area (Å²) in [6.45, 7) is 2.54. The van der Waals surface area contributed by atoms with Crippen LogP contribution < -0.4 is 9.47 Å². The van der Waals surface area contributed by atoms with Crippen molar-refractivity contribution in [2.45, 2.75) is 19.6 Å². The third kappa shape index (κ3) is 4.64. The van der Waals surface area contributed by atoms with Gasteiger partial charge in [-0.2, -0.15) is 0 Å². The second kappa shape index (κ2) is 6.81. The minimum absolute atomic E-state index is 0.296.